The van der Waals surface area contributed by atoms with Gasteiger partial charge in [-0.3, -0.25) is 4.79 Å². The third-order valence-corrected chi connectivity index (χ3v) is 7.05. The lowest BCUT2D eigenvalue weighted by atomic mass is 9.77. The van der Waals surface area contributed by atoms with E-state index >= 15 is 0 Å². The molecule has 33 heavy (non-hydrogen) atoms. The molecule has 1 aromatic carbocycles. The lowest BCUT2D eigenvalue weighted by Gasteiger charge is -2.44. The van der Waals surface area contributed by atoms with Gasteiger partial charge in [-0.15, -0.1) is 0 Å². The highest BCUT2D eigenvalue weighted by atomic mass is 19.3. The monoisotopic (exact) mass is 459 g/mol. The van der Waals surface area contributed by atoms with Crippen LogP contribution in [0.3, 0.4) is 0 Å². The molecule has 6 nitrogen and oxygen atoms in total. The molecule has 0 saturated carbocycles. The van der Waals surface area contributed by atoms with Crippen molar-refractivity contribution in [2.24, 2.45) is 5.41 Å². The van der Waals surface area contributed by atoms with Gasteiger partial charge in [-0.1, -0.05) is 18.2 Å². The van der Waals surface area contributed by atoms with Gasteiger partial charge in [-0.05, 0) is 46.1 Å². The first-order chi connectivity index (χ1) is 15.5. The third-order valence-electron chi connectivity index (χ3n) is 7.05. The molecule has 4 heterocycles. The van der Waals surface area contributed by atoms with E-state index in [1.54, 1.807) is 25.7 Å². The summed E-state index contributed by atoms with van der Waals surface area (Å²) in [6.45, 7) is 6.23. The highest BCUT2D eigenvalue weighted by Crippen LogP contribution is 2.46. The first-order valence-corrected chi connectivity index (χ1v) is 11.7. The number of carbonyl (C=O) groups excluding carboxylic acids is 2. The Kier molecular flexibility index (Phi) is 4.99. The minimum Gasteiger partial charge on any atom is -0.444 e. The van der Waals surface area contributed by atoms with Gasteiger partial charge >= 0.3 is 6.09 Å². The Hall–Kier alpha value is -2.64. The second-order valence-electron chi connectivity index (χ2n) is 10.9. The molecule has 3 aliphatic heterocycles. The van der Waals surface area contributed by atoms with Crippen LogP contribution < -0.4 is 0 Å². The van der Waals surface area contributed by atoms with E-state index in [0.29, 0.717) is 18.5 Å². The predicted octanol–water partition coefficient (Wildman–Crippen LogP) is 4.70. The summed E-state index contributed by atoms with van der Waals surface area (Å²) in [5.74, 6) is -3.10. The molecule has 1 spiro atoms. The molecular formula is C25H31F2N3O3. The molecule has 2 amide bonds. The minimum atomic E-state index is -3.02. The van der Waals surface area contributed by atoms with E-state index in [1.165, 1.54) is 0 Å². The fourth-order valence-corrected chi connectivity index (χ4v) is 5.91. The van der Waals surface area contributed by atoms with Crippen LogP contribution >= 0.6 is 0 Å². The molecule has 178 valence electrons. The molecule has 2 aromatic rings. The maximum Gasteiger partial charge on any atom is 0.410 e. The zero-order chi connectivity index (χ0) is 23.6. The molecule has 0 bridgehead atoms. The number of likely N-dealkylation sites (tertiary alicyclic amines) is 2. The zero-order valence-corrected chi connectivity index (χ0v) is 19.5. The van der Waals surface area contributed by atoms with Gasteiger partial charge in [0.1, 0.15) is 5.60 Å². The van der Waals surface area contributed by atoms with Crippen molar-refractivity contribution in [2.75, 3.05) is 26.2 Å². The number of hydrogen-bond acceptors (Lipinski definition) is 3. The SMILES string of the molecule is CC(C)(C)OC(=O)N1CC(F)(F)CC2(CCN(C(=O)c3c4n(c5ccccc35)CCC4)C2)C1. The number of alkyl halides is 2. The number of aromatic nitrogens is 1. The largest absolute Gasteiger partial charge is 0.444 e. The smallest absolute Gasteiger partial charge is 0.410 e. The Morgan fingerprint density at radius 1 is 1.03 bits per heavy atom. The summed E-state index contributed by atoms with van der Waals surface area (Å²) >= 11 is 0. The molecule has 1 atom stereocenters. The molecule has 1 unspecified atom stereocenters. The molecule has 3 aliphatic rings. The van der Waals surface area contributed by atoms with Crippen LogP contribution in [0, 0.1) is 5.41 Å². The van der Waals surface area contributed by atoms with Crippen molar-refractivity contribution in [3.05, 3.63) is 35.5 Å². The van der Waals surface area contributed by atoms with E-state index in [-0.39, 0.29) is 25.4 Å². The Bertz CT molecular complexity index is 1120. The Labute approximate surface area is 192 Å². The van der Waals surface area contributed by atoms with Crippen LogP contribution in [0.15, 0.2) is 24.3 Å². The third kappa shape index (κ3) is 3.97. The second-order valence-corrected chi connectivity index (χ2v) is 10.9. The lowest BCUT2D eigenvalue weighted by Crippen LogP contribution is -2.56. The number of amides is 2. The second kappa shape index (κ2) is 7.43. The van der Waals surface area contributed by atoms with Crippen molar-refractivity contribution in [3.63, 3.8) is 0 Å². The quantitative estimate of drug-likeness (QED) is 0.622. The van der Waals surface area contributed by atoms with Gasteiger partial charge < -0.3 is 19.1 Å². The Balaban J connectivity index is 1.40. The summed E-state index contributed by atoms with van der Waals surface area (Å²) in [5, 5.41) is 0.933. The molecule has 0 radical (unpaired) electrons. The number of ether oxygens (including phenoxy) is 1. The predicted molar refractivity (Wildman–Crippen MR) is 121 cm³/mol. The number of hydrogen-bond donors (Lipinski definition) is 0. The van der Waals surface area contributed by atoms with Gasteiger partial charge in [-0.25, -0.2) is 13.6 Å². The first-order valence-electron chi connectivity index (χ1n) is 11.7. The van der Waals surface area contributed by atoms with Crippen molar-refractivity contribution in [3.8, 4) is 0 Å². The van der Waals surface area contributed by atoms with E-state index in [4.69, 9.17) is 4.74 Å². The number of halogens is 2. The fraction of sp³-hybridized carbons (Fsp3) is 0.600. The summed E-state index contributed by atoms with van der Waals surface area (Å²) in [6.07, 6.45) is 1.25. The van der Waals surface area contributed by atoms with Crippen LogP contribution in [0.1, 0.15) is 56.1 Å². The number of carbonyl (C=O) groups is 2. The van der Waals surface area contributed by atoms with Gasteiger partial charge in [0.05, 0.1) is 12.1 Å². The Morgan fingerprint density at radius 3 is 2.52 bits per heavy atom. The van der Waals surface area contributed by atoms with Gasteiger partial charge in [0, 0.05) is 54.6 Å². The van der Waals surface area contributed by atoms with Gasteiger partial charge in [0.2, 0.25) is 0 Å². The van der Waals surface area contributed by atoms with E-state index in [9.17, 15) is 18.4 Å². The van der Waals surface area contributed by atoms with Crippen LogP contribution in [0.4, 0.5) is 13.6 Å². The number of benzene rings is 1. The van der Waals surface area contributed by atoms with Gasteiger partial charge in [0.15, 0.2) is 0 Å². The molecule has 2 saturated heterocycles. The van der Waals surface area contributed by atoms with Crippen molar-refractivity contribution in [1.29, 1.82) is 0 Å². The highest BCUT2D eigenvalue weighted by Gasteiger charge is 2.54. The summed E-state index contributed by atoms with van der Waals surface area (Å²) in [6, 6.07) is 7.91. The maximum atomic E-state index is 14.8. The number of aryl methyl sites for hydroxylation is 1. The van der Waals surface area contributed by atoms with Crippen LogP contribution in [0.25, 0.3) is 10.9 Å². The number of nitrogens with zero attached hydrogens (tertiary/aromatic N) is 3. The lowest BCUT2D eigenvalue weighted by molar-refractivity contribution is -0.111. The number of rotatable bonds is 1. The average Bonchev–Trinajstić information content (AvgIpc) is 3.39. The van der Waals surface area contributed by atoms with Crippen LogP contribution in [-0.4, -0.2) is 64.1 Å². The molecule has 2 fully saturated rings. The fourth-order valence-electron chi connectivity index (χ4n) is 5.91. The molecule has 0 aliphatic carbocycles. The summed E-state index contributed by atoms with van der Waals surface area (Å²) in [5.41, 5.74) is 1.24. The normalized spacial score (nSPS) is 24.5. The number of para-hydroxylation sites is 1. The van der Waals surface area contributed by atoms with Crippen LogP contribution in [0.5, 0.6) is 0 Å². The number of piperidine rings is 1. The average molecular weight is 460 g/mol. The van der Waals surface area contributed by atoms with E-state index in [2.05, 4.69) is 4.57 Å². The van der Waals surface area contributed by atoms with Crippen LogP contribution in [-0.2, 0) is 17.7 Å². The molecular weight excluding hydrogens is 428 g/mol. The maximum absolute atomic E-state index is 14.8. The van der Waals surface area contributed by atoms with E-state index in [0.717, 1.165) is 40.9 Å². The summed E-state index contributed by atoms with van der Waals surface area (Å²) in [7, 11) is 0. The molecule has 8 heteroatoms. The number of fused-ring (bicyclic) bond motifs is 3. The van der Waals surface area contributed by atoms with Gasteiger partial charge in [0.25, 0.3) is 11.8 Å². The first kappa shape index (κ1) is 22.2. The van der Waals surface area contributed by atoms with Gasteiger partial charge in [-0.2, -0.15) is 0 Å². The van der Waals surface area contributed by atoms with Crippen molar-refractivity contribution < 1.29 is 23.1 Å². The topological polar surface area (TPSA) is 54.8 Å². The van der Waals surface area contributed by atoms with Crippen molar-refractivity contribution in [1.82, 2.24) is 14.4 Å². The summed E-state index contributed by atoms with van der Waals surface area (Å²) in [4.78, 5) is 29.1. The minimum absolute atomic E-state index is 0.0866. The van der Waals surface area contributed by atoms with E-state index < -0.39 is 29.6 Å². The van der Waals surface area contributed by atoms with Crippen molar-refractivity contribution in [2.45, 2.75) is 64.5 Å². The molecule has 1 aromatic heterocycles. The van der Waals surface area contributed by atoms with E-state index in [1.807, 2.05) is 24.3 Å². The standard InChI is InChI=1S/C25H31F2N3O3/c1-23(2,3)33-22(32)29-15-24(13-25(26,27)16-29)10-12-28(14-24)21(31)20-17-7-4-5-8-18(17)30-11-6-9-19(20)30/h4-5,7-8H,6,9-16H2,1-3H3. The highest BCUT2D eigenvalue weighted by molar-refractivity contribution is 6.08. The summed E-state index contributed by atoms with van der Waals surface area (Å²) < 4.78 is 37.1. The molecule has 0 N–H and O–H groups in total. The van der Waals surface area contributed by atoms with Crippen LogP contribution in [0.2, 0.25) is 0 Å². The Morgan fingerprint density at radius 2 is 1.76 bits per heavy atom. The van der Waals surface area contributed by atoms with Crippen molar-refractivity contribution >= 4 is 22.9 Å². The molecule has 5 rings (SSSR count). The zero-order valence-electron chi connectivity index (χ0n) is 19.5.